The first-order valence-corrected chi connectivity index (χ1v) is 13.4. The van der Waals surface area contributed by atoms with Crippen molar-refractivity contribution in [3.05, 3.63) is 47.1 Å². The number of amides is 1. The summed E-state index contributed by atoms with van der Waals surface area (Å²) in [6.07, 6.45) is 11.3. The summed E-state index contributed by atoms with van der Waals surface area (Å²) in [5.74, 6) is -1.32. The van der Waals surface area contributed by atoms with E-state index in [4.69, 9.17) is 15.2 Å². The number of likely N-dealkylation sites (tertiary alicyclic amines) is 1. The fourth-order valence-electron chi connectivity index (χ4n) is 4.80. The van der Waals surface area contributed by atoms with Gasteiger partial charge in [-0.25, -0.2) is 4.79 Å². The highest BCUT2D eigenvalue weighted by atomic mass is 16.5. The van der Waals surface area contributed by atoms with E-state index in [1.165, 1.54) is 6.07 Å². The Morgan fingerprint density at radius 2 is 1.92 bits per heavy atom. The van der Waals surface area contributed by atoms with Crippen LogP contribution in [0.2, 0.25) is 0 Å². The zero-order chi connectivity index (χ0) is 27.7. The first-order chi connectivity index (χ1) is 18.2. The minimum Gasteiger partial charge on any atom is -0.508 e. The predicted molar refractivity (Wildman–Crippen MR) is 147 cm³/mol. The zero-order valence-corrected chi connectivity index (χ0v) is 22.7. The highest BCUT2D eigenvalue weighted by Gasteiger charge is 2.27. The van der Waals surface area contributed by atoms with Crippen LogP contribution < -0.4 is 5.73 Å². The second kappa shape index (κ2) is 14.1. The summed E-state index contributed by atoms with van der Waals surface area (Å²) in [5, 5.41) is 21.4. The number of nitrogens with two attached hydrogens (primary N) is 1. The molecule has 2 heterocycles. The van der Waals surface area contributed by atoms with Crippen molar-refractivity contribution in [2.75, 3.05) is 26.4 Å². The molecule has 0 spiro atoms. The summed E-state index contributed by atoms with van der Waals surface area (Å²) in [4.78, 5) is 32.0. The molecule has 208 valence electrons. The van der Waals surface area contributed by atoms with Gasteiger partial charge in [0.1, 0.15) is 36.5 Å². The van der Waals surface area contributed by atoms with Crippen molar-refractivity contribution in [1.82, 2.24) is 4.90 Å². The first kappa shape index (κ1) is 29.4. The van der Waals surface area contributed by atoms with E-state index in [0.29, 0.717) is 29.7 Å². The van der Waals surface area contributed by atoms with Crippen molar-refractivity contribution in [2.24, 2.45) is 10.7 Å². The molecule has 1 aromatic carbocycles. The van der Waals surface area contributed by atoms with Gasteiger partial charge < -0.3 is 30.3 Å². The summed E-state index contributed by atoms with van der Waals surface area (Å²) in [5.41, 5.74) is 7.74. The van der Waals surface area contributed by atoms with Crippen LogP contribution in [0, 0.1) is 0 Å². The van der Waals surface area contributed by atoms with Gasteiger partial charge in [0.2, 0.25) is 5.91 Å². The van der Waals surface area contributed by atoms with E-state index in [9.17, 15) is 19.8 Å². The molecule has 9 heteroatoms. The average molecular weight is 528 g/mol. The summed E-state index contributed by atoms with van der Waals surface area (Å²) < 4.78 is 11.2. The SMILES string of the molecule is CC(C)c1c(O)cc(O)c2c1CC(=N/COCC(=O)N1CCCCC1)/C=C/C[C@H](N)/C=C/C[C@@H](C)OC2=O. The number of phenolic OH excluding ortho intramolecular Hbond substituents is 2. The Morgan fingerprint density at radius 1 is 1.18 bits per heavy atom. The van der Waals surface area contributed by atoms with Crippen LogP contribution in [0.3, 0.4) is 0 Å². The van der Waals surface area contributed by atoms with Crippen LogP contribution in [0.15, 0.2) is 35.4 Å². The number of carbonyl (C=O) groups excluding carboxylic acids is 2. The molecule has 3 rings (SSSR count). The molecule has 1 saturated heterocycles. The Morgan fingerprint density at radius 3 is 2.63 bits per heavy atom. The molecule has 4 N–H and O–H groups in total. The number of nitrogens with zero attached hydrogens (tertiary/aromatic N) is 2. The normalized spacial score (nSPS) is 24.0. The molecule has 1 amide bonds. The molecule has 0 unspecified atom stereocenters. The second-order valence-electron chi connectivity index (χ2n) is 10.3. The van der Waals surface area contributed by atoms with Gasteiger partial charge in [-0.15, -0.1) is 0 Å². The Hall–Kier alpha value is -3.17. The zero-order valence-electron chi connectivity index (χ0n) is 22.7. The van der Waals surface area contributed by atoms with Crippen LogP contribution >= 0.6 is 0 Å². The number of aromatic hydroxyl groups is 2. The Kier molecular flexibility index (Phi) is 10.9. The van der Waals surface area contributed by atoms with Crippen LogP contribution in [0.1, 0.15) is 80.3 Å². The van der Waals surface area contributed by atoms with Crippen molar-refractivity contribution in [3.8, 4) is 11.5 Å². The molecule has 0 saturated carbocycles. The van der Waals surface area contributed by atoms with E-state index in [1.54, 1.807) is 13.0 Å². The molecule has 0 aromatic heterocycles. The Balaban J connectivity index is 1.92. The lowest BCUT2D eigenvalue weighted by Gasteiger charge is -2.26. The number of cyclic esters (lactones) is 1. The van der Waals surface area contributed by atoms with Crippen molar-refractivity contribution in [3.63, 3.8) is 0 Å². The van der Waals surface area contributed by atoms with Gasteiger partial charge in [-0.2, -0.15) is 0 Å². The quantitative estimate of drug-likeness (QED) is 0.300. The Bertz CT molecular complexity index is 1070. The standard InChI is InChI=1S/C29H41N3O6/c1-19(2)27-23-15-22(31-18-37-17-26(35)32-13-5-4-6-14-32)12-8-11-21(30)10-7-9-20(3)38-29(36)28(23)25(34)16-24(27)33/h7-8,10,12,16,19-21,33-34H,4-6,9,11,13-15,17-18,30H2,1-3H3/b10-7+,12-8+,31-22+/t20-,21-/m1/s1. The molecule has 9 nitrogen and oxygen atoms in total. The van der Waals surface area contributed by atoms with E-state index in [2.05, 4.69) is 4.99 Å². The number of fused-ring (bicyclic) bond motifs is 1. The van der Waals surface area contributed by atoms with Crippen LogP contribution in [0.25, 0.3) is 0 Å². The smallest absolute Gasteiger partial charge is 0.342 e. The van der Waals surface area contributed by atoms with Crippen molar-refractivity contribution in [1.29, 1.82) is 0 Å². The van der Waals surface area contributed by atoms with Crippen molar-refractivity contribution in [2.45, 2.75) is 77.4 Å². The monoisotopic (exact) mass is 527 g/mol. The maximum atomic E-state index is 13.2. The maximum Gasteiger partial charge on any atom is 0.342 e. The summed E-state index contributed by atoms with van der Waals surface area (Å²) in [6.45, 7) is 6.97. The van der Waals surface area contributed by atoms with Crippen LogP contribution in [-0.2, 0) is 20.7 Å². The number of allylic oxidation sites excluding steroid dienone is 1. The molecule has 0 radical (unpaired) electrons. The number of aliphatic imine (C=N–C) groups is 1. The fraction of sp³-hybridized carbons (Fsp3) is 0.552. The minimum atomic E-state index is -0.673. The molecule has 2 aliphatic heterocycles. The lowest BCUT2D eigenvalue weighted by atomic mass is 9.88. The first-order valence-electron chi connectivity index (χ1n) is 13.4. The van der Waals surface area contributed by atoms with Gasteiger partial charge in [0.25, 0.3) is 0 Å². The van der Waals surface area contributed by atoms with E-state index in [-0.39, 0.29) is 54.7 Å². The molecule has 0 aliphatic carbocycles. The van der Waals surface area contributed by atoms with E-state index in [1.807, 2.05) is 37.0 Å². The minimum absolute atomic E-state index is 0.0124. The third kappa shape index (κ3) is 8.16. The van der Waals surface area contributed by atoms with Gasteiger partial charge in [-0.1, -0.05) is 32.1 Å². The number of esters is 1. The molecule has 2 aliphatic rings. The second-order valence-corrected chi connectivity index (χ2v) is 10.3. The number of phenols is 2. The van der Waals surface area contributed by atoms with Gasteiger partial charge in [0.05, 0.1) is 0 Å². The van der Waals surface area contributed by atoms with Gasteiger partial charge in [-0.3, -0.25) is 9.79 Å². The number of piperidine rings is 1. The van der Waals surface area contributed by atoms with Gasteiger partial charge in [0.15, 0.2) is 0 Å². The van der Waals surface area contributed by atoms with E-state index in [0.717, 1.165) is 32.4 Å². The third-order valence-electron chi connectivity index (χ3n) is 6.74. The lowest BCUT2D eigenvalue weighted by Crippen LogP contribution is -2.38. The number of ether oxygens (including phenoxy) is 2. The maximum absolute atomic E-state index is 13.2. The van der Waals surface area contributed by atoms with E-state index < -0.39 is 12.1 Å². The number of rotatable bonds is 5. The summed E-state index contributed by atoms with van der Waals surface area (Å²) in [6, 6.07) is 0.966. The van der Waals surface area contributed by atoms with Crippen LogP contribution in [0.5, 0.6) is 11.5 Å². The topological polar surface area (TPSA) is 135 Å². The molecule has 0 bridgehead atoms. The average Bonchev–Trinajstić information content (AvgIpc) is 2.85. The number of hydrogen-bond acceptors (Lipinski definition) is 8. The molecule has 1 fully saturated rings. The fourth-order valence-corrected chi connectivity index (χ4v) is 4.80. The summed E-state index contributed by atoms with van der Waals surface area (Å²) in [7, 11) is 0. The number of benzene rings is 1. The lowest BCUT2D eigenvalue weighted by molar-refractivity contribution is -0.136. The van der Waals surface area contributed by atoms with Crippen molar-refractivity contribution >= 4 is 17.6 Å². The highest BCUT2D eigenvalue weighted by Crippen LogP contribution is 2.38. The largest absolute Gasteiger partial charge is 0.508 e. The molecule has 2 atom stereocenters. The molecule has 1 aromatic rings. The molecular weight excluding hydrogens is 486 g/mol. The van der Waals surface area contributed by atoms with Crippen LogP contribution in [-0.4, -0.2) is 71.3 Å². The van der Waals surface area contributed by atoms with Gasteiger partial charge >= 0.3 is 5.97 Å². The number of carbonyl (C=O) groups is 2. The Labute approximate surface area is 225 Å². The third-order valence-corrected chi connectivity index (χ3v) is 6.74. The van der Waals surface area contributed by atoms with Crippen LogP contribution in [0.4, 0.5) is 0 Å². The molecular formula is C29H41N3O6. The van der Waals surface area contributed by atoms with Gasteiger partial charge in [0, 0.05) is 49.3 Å². The predicted octanol–water partition coefficient (Wildman–Crippen LogP) is 3.97. The van der Waals surface area contributed by atoms with E-state index >= 15 is 0 Å². The highest BCUT2D eigenvalue weighted by molar-refractivity contribution is 6.01. The number of hydrogen-bond donors (Lipinski definition) is 3. The van der Waals surface area contributed by atoms with Gasteiger partial charge in [-0.05, 0) is 50.2 Å². The van der Waals surface area contributed by atoms with Crippen molar-refractivity contribution < 1.29 is 29.3 Å². The molecule has 38 heavy (non-hydrogen) atoms. The summed E-state index contributed by atoms with van der Waals surface area (Å²) >= 11 is 0.